The summed E-state index contributed by atoms with van der Waals surface area (Å²) < 4.78 is 19.4. The van der Waals surface area contributed by atoms with E-state index in [4.69, 9.17) is 14.2 Å². The maximum Gasteiger partial charge on any atom is 0.338 e. The summed E-state index contributed by atoms with van der Waals surface area (Å²) >= 11 is 3.45. The van der Waals surface area contributed by atoms with E-state index in [1.807, 2.05) is 0 Å². The predicted molar refractivity (Wildman–Crippen MR) is 124 cm³/mol. The highest BCUT2D eigenvalue weighted by Crippen LogP contribution is 2.39. The molecule has 1 fully saturated rings. The molecule has 1 saturated carbocycles. The molecule has 2 heterocycles. The van der Waals surface area contributed by atoms with Gasteiger partial charge in [0.15, 0.2) is 0 Å². The Morgan fingerprint density at radius 2 is 1.91 bits per heavy atom. The Hall–Kier alpha value is -2.69. The van der Waals surface area contributed by atoms with Crippen LogP contribution in [0.4, 0.5) is 0 Å². The van der Waals surface area contributed by atoms with Crippen LogP contribution in [0.5, 0.6) is 11.5 Å². The maximum atomic E-state index is 11.5. The number of hydrogen-bond acceptors (Lipinski definition) is 7. The third-order valence-corrected chi connectivity index (χ3v) is 6.66. The zero-order valence-electron chi connectivity index (χ0n) is 18.4. The van der Waals surface area contributed by atoms with Crippen molar-refractivity contribution >= 4 is 32.9 Å². The van der Waals surface area contributed by atoms with Gasteiger partial charge < -0.3 is 24.4 Å². The minimum absolute atomic E-state index is 0.0431. The topological polar surface area (TPSA) is 116 Å². The Balaban J connectivity index is 1.68. The van der Waals surface area contributed by atoms with Gasteiger partial charge in [0.2, 0.25) is 0 Å². The molecule has 0 bridgehead atoms. The van der Waals surface area contributed by atoms with Gasteiger partial charge in [-0.3, -0.25) is 9.67 Å². The number of carbonyl (C=O) groups is 1. The average molecular weight is 520 g/mol. The number of halogens is 1. The van der Waals surface area contributed by atoms with Gasteiger partial charge in [-0.2, -0.15) is 5.10 Å². The number of benzene rings is 1. The van der Waals surface area contributed by atoms with Crippen LogP contribution in [0.2, 0.25) is 0 Å². The second kappa shape index (κ2) is 10.1. The fourth-order valence-corrected chi connectivity index (χ4v) is 4.74. The lowest BCUT2D eigenvalue weighted by Crippen LogP contribution is -2.31. The van der Waals surface area contributed by atoms with Crippen LogP contribution in [0, 0.1) is 0 Å². The number of ether oxygens (including phenoxy) is 3. The summed E-state index contributed by atoms with van der Waals surface area (Å²) in [5.74, 6) is -0.00761. The summed E-state index contributed by atoms with van der Waals surface area (Å²) in [6.07, 6.45) is 5.57. The molecule has 33 heavy (non-hydrogen) atoms. The molecule has 176 valence electrons. The molecule has 0 unspecified atom stereocenters. The summed E-state index contributed by atoms with van der Waals surface area (Å²) in [6, 6.07) is 4.90. The first-order valence-corrected chi connectivity index (χ1v) is 11.5. The van der Waals surface area contributed by atoms with Crippen LogP contribution in [-0.4, -0.2) is 57.4 Å². The van der Waals surface area contributed by atoms with Gasteiger partial charge in [-0.1, -0.05) is 12.8 Å². The van der Waals surface area contributed by atoms with Crippen molar-refractivity contribution in [3.05, 3.63) is 46.2 Å². The molecule has 1 aliphatic carbocycles. The average Bonchev–Trinajstić information content (AvgIpc) is 3.47. The summed E-state index contributed by atoms with van der Waals surface area (Å²) in [6.45, 7) is 0.216. The normalized spacial score (nSPS) is 16.1. The summed E-state index contributed by atoms with van der Waals surface area (Å²) in [5, 5.41) is 25.2. The Morgan fingerprint density at radius 3 is 2.52 bits per heavy atom. The number of methoxy groups -OCH3 is 2. The number of fused-ring (bicyclic) bond motifs is 1. The third kappa shape index (κ3) is 4.97. The molecular weight excluding hydrogens is 494 g/mol. The van der Waals surface area contributed by atoms with E-state index in [0.717, 1.165) is 25.7 Å². The molecule has 0 aliphatic heterocycles. The van der Waals surface area contributed by atoms with Crippen molar-refractivity contribution in [3.8, 4) is 11.5 Å². The smallest absolute Gasteiger partial charge is 0.338 e. The fraction of sp³-hybridized carbons (Fsp3) is 0.435. The number of hydrogen-bond donors (Lipinski definition) is 2. The van der Waals surface area contributed by atoms with Gasteiger partial charge in [-0.15, -0.1) is 0 Å². The van der Waals surface area contributed by atoms with E-state index in [1.165, 1.54) is 12.3 Å². The van der Waals surface area contributed by atoms with Crippen molar-refractivity contribution < 1.29 is 29.2 Å². The van der Waals surface area contributed by atoms with E-state index >= 15 is 0 Å². The molecule has 0 radical (unpaired) electrons. The number of aromatic nitrogens is 3. The number of aliphatic hydroxyl groups excluding tert-OH is 1. The van der Waals surface area contributed by atoms with E-state index in [1.54, 1.807) is 37.2 Å². The second-order valence-corrected chi connectivity index (χ2v) is 8.81. The monoisotopic (exact) mass is 519 g/mol. The van der Waals surface area contributed by atoms with Gasteiger partial charge in [0, 0.05) is 6.20 Å². The van der Waals surface area contributed by atoms with Crippen LogP contribution in [0.15, 0.2) is 35.1 Å². The van der Waals surface area contributed by atoms with Crippen molar-refractivity contribution in [1.82, 2.24) is 14.8 Å². The van der Waals surface area contributed by atoms with Crippen molar-refractivity contribution in [2.75, 3.05) is 14.2 Å². The Morgan fingerprint density at radius 1 is 1.24 bits per heavy atom. The number of aromatic carboxylic acids is 1. The fourth-order valence-electron chi connectivity index (χ4n) is 4.18. The van der Waals surface area contributed by atoms with Crippen LogP contribution in [0.3, 0.4) is 0 Å². The van der Waals surface area contributed by atoms with Crippen molar-refractivity contribution in [2.45, 2.75) is 50.5 Å². The molecular formula is C23H26BrN3O6. The van der Waals surface area contributed by atoms with Crippen LogP contribution < -0.4 is 9.47 Å². The Bertz CT molecular complexity index is 1120. The lowest BCUT2D eigenvalue weighted by Gasteiger charge is -2.27. The first-order valence-electron chi connectivity index (χ1n) is 10.7. The molecule has 0 spiro atoms. The van der Waals surface area contributed by atoms with Crippen molar-refractivity contribution in [3.63, 3.8) is 0 Å². The molecule has 2 N–H and O–H groups in total. The number of aliphatic hydroxyl groups is 1. The molecule has 10 heteroatoms. The minimum Gasteiger partial charge on any atom is -0.495 e. The highest BCUT2D eigenvalue weighted by atomic mass is 79.9. The second-order valence-electron chi connectivity index (χ2n) is 8.01. The van der Waals surface area contributed by atoms with E-state index in [2.05, 4.69) is 26.0 Å². The number of carboxylic acids is 1. The van der Waals surface area contributed by atoms with Gasteiger partial charge in [0.25, 0.3) is 0 Å². The van der Waals surface area contributed by atoms with E-state index in [-0.39, 0.29) is 18.2 Å². The largest absolute Gasteiger partial charge is 0.495 e. The molecule has 0 amide bonds. The van der Waals surface area contributed by atoms with Gasteiger partial charge in [-0.25, -0.2) is 4.79 Å². The van der Waals surface area contributed by atoms with Crippen LogP contribution in [0.25, 0.3) is 11.0 Å². The van der Waals surface area contributed by atoms with Gasteiger partial charge in [-0.05, 0) is 52.5 Å². The molecule has 1 aliphatic rings. The van der Waals surface area contributed by atoms with Gasteiger partial charge >= 0.3 is 5.97 Å². The molecule has 4 rings (SSSR count). The highest BCUT2D eigenvalue weighted by molar-refractivity contribution is 9.10. The van der Waals surface area contributed by atoms with Crippen molar-refractivity contribution in [1.29, 1.82) is 0 Å². The first-order chi connectivity index (χ1) is 15.9. The minimum atomic E-state index is -1.07. The predicted octanol–water partition coefficient (Wildman–Crippen LogP) is 3.97. The molecule has 2 atom stereocenters. The van der Waals surface area contributed by atoms with Crippen LogP contribution >= 0.6 is 15.9 Å². The molecule has 2 aromatic heterocycles. The third-order valence-electron chi connectivity index (χ3n) is 5.88. The van der Waals surface area contributed by atoms with E-state index < -0.39 is 18.2 Å². The number of rotatable bonds is 9. The molecule has 0 saturated heterocycles. The number of nitrogens with zero attached hydrogens (tertiary/aromatic N) is 3. The van der Waals surface area contributed by atoms with Crippen molar-refractivity contribution in [2.24, 2.45) is 0 Å². The highest BCUT2D eigenvalue weighted by Gasteiger charge is 2.29. The SMILES string of the molecule is COc1cc([C@@H](O)[C@H](Cn2cc3nccc(C(=O)O)c3n2)OC2CCCC2)cc(OC)c1Br. The Labute approximate surface area is 199 Å². The summed E-state index contributed by atoms with van der Waals surface area (Å²) in [7, 11) is 3.09. The zero-order valence-corrected chi connectivity index (χ0v) is 20.0. The summed E-state index contributed by atoms with van der Waals surface area (Å²) in [5.41, 5.74) is 1.42. The van der Waals surface area contributed by atoms with Crippen LogP contribution in [-0.2, 0) is 11.3 Å². The lowest BCUT2D eigenvalue weighted by atomic mass is 10.0. The number of carboxylic acid groups (broad SMARTS) is 1. The molecule has 3 aromatic rings. The van der Waals surface area contributed by atoms with Gasteiger partial charge in [0.1, 0.15) is 39.2 Å². The molecule has 1 aromatic carbocycles. The van der Waals surface area contributed by atoms with Gasteiger partial charge in [0.05, 0.1) is 38.6 Å². The standard InChI is InChI=1S/C23H26BrN3O6/c1-31-17-9-13(10-18(32-2)20(17)24)22(28)19(33-14-5-3-4-6-14)12-27-11-16-21(26-27)15(23(29)30)7-8-25-16/h7-11,14,19,22,28H,3-6,12H2,1-2H3,(H,29,30)/t19-,22+/m0/s1. The zero-order chi connectivity index (χ0) is 23.5. The van der Waals surface area contributed by atoms with Crippen LogP contribution in [0.1, 0.15) is 47.7 Å². The lowest BCUT2D eigenvalue weighted by molar-refractivity contribution is -0.0845. The number of pyridine rings is 1. The first kappa shape index (κ1) is 23.5. The van der Waals surface area contributed by atoms with E-state index in [9.17, 15) is 15.0 Å². The summed E-state index contributed by atoms with van der Waals surface area (Å²) in [4.78, 5) is 15.8. The molecule has 9 nitrogen and oxygen atoms in total. The Kier molecular flexibility index (Phi) is 7.16. The van der Waals surface area contributed by atoms with E-state index in [0.29, 0.717) is 32.6 Å². The quantitative estimate of drug-likeness (QED) is 0.436. The maximum absolute atomic E-state index is 11.5.